The van der Waals surface area contributed by atoms with Gasteiger partial charge in [0.25, 0.3) is 0 Å². The monoisotopic (exact) mass is 266 g/mol. The molecule has 19 heavy (non-hydrogen) atoms. The van der Waals surface area contributed by atoms with Crippen LogP contribution < -0.4 is 0 Å². The van der Waals surface area contributed by atoms with Crippen LogP contribution in [0.25, 0.3) is 0 Å². The van der Waals surface area contributed by atoms with Crippen molar-refractivity contribution in [2.24, 2.45) is 29.1 Å². The summed E-state index contributed by atoms with van der Waals surface area (Å²) in [6, 6.07) is 0. The molecule has 0 amide bonds. The second-order valence-corrected chi connectivity index (χ2v) is 7.31. The van der Waals surface area contributed by atoms with Crippen molar-refractivity contribution in [2.75, 3.05) is 19.8 Å². The third kappa shape index (κ3) is 2.47. The van der Waals surface area contributed by atoms with Crippen LogP contribution in [-0.4, -0.2) is 30.7 Å². The second kappa shape index (κ2) is 5.17. The fourth-order valence-corrected chi connectivity index (χ4v) is 5.43. The lowest BCUT2D eigenvalue weighted by Gasteiger charge is -2.53. The molecule has 0 heterocycles. The van der Waals surface area contributed by atoms with E-state index in [1.54, 1.807) is 0 Å². The normalized spacial score (nSPS) is 43.7. The Kier molecular flexibility index (Phi) is 3.69. The molecule has 3 heteroatoms. The van der Waals surface area contributed by atoms with Crippen molar-refractivity contribution in [3.05, 3.63) is 0 Å². The summed E-state index contributed by atoms with van der Waals surface area (Å²) in [7, 11) is 0. The lowest BCUT2D eigenvalue weighted by molar-refractivity contribution is -0.132. The van der Waals surface area contributed by atoms with Gasteiger partial charge in [0.2, 0.25) is 0 Å². The number of rotatable bonds is 6. The zero-order valence-electron chi connectivity index (χ0n) is 11.9. The van der Waals surface area contributed by atoms with Gasteiger partial charge in [-0.25, -0.2) is 0 Å². The van der Waals surface area contributed by atoms with Crippen molar-refractivity contribution in [3.8, 4) is 0 Å². The van der Waals surface area contributed by atoms with Crippen molar-refractivity contribution in [3.63, 3.8) is 0 Å². The minimum absolute atomic E-state index is 0.00306. The SMILES string of the molecule is CC1CC2CC3C(C1)CC3(CC(=O)COCCO)C2. The molecule has 3 aliphatic rings. The Morgan fingerprint density at radius 3 is 2.95 bits per heavy atom. The van der Waals surface area contributed by atoms with E-state index in [4.69, 9.17) is 9.84 Å². The van der Waals surface area contributed by atoms with Gasteiger partial charge < -0.3 is 9.84 Å². The van der Waals surface area contributed by atoms with Gasteiger partial charge in [-0.05, 0) is 61.2 Å². The van der Waals surface area contributed by atoms with Gasteiger partial charge in [-0.1, -0.05) is 6.92 Å². The smallest absolute Gasteiger partial charge is 0.159 e. The van der Waals surface area contributed by atoms with E-state index in [1.807, 2.05) is 0 Å². The van der Waals surface area contributed by atoms with Crippen LogP contribution in [0, 0.1) is 29.1 Å². The highest BCUT2D eigenvalue weighted by atomic mass is 16.5. The summed E-state index contributed by atoms with van der Waals surface area (Å²) in [6.07, 6.45) is 7.43. The number of aliphatic hydroxyl groups excluding tert-OH is 1. The number of fused-ring (bicyclic) bond motifs is 1. The standard InChI is InChI=1S/C16H26O3/c1-11-4-12-6-15-13(5-11)8-16(15,7-12)9-14(18)10-19-3-2-17/h11-13,15,17H,2-10H2,1H3. The molecule has 0 aromatic heterocycles. The number of hydrogen-bond donors (Lipinski definition) is 1. The van der Waals surface area contributed by atoms with Crippen LogP contribution in [0.5, 0.6) is 0 Å². The quantitative estimate of drug-likeness (QED) is 0.751. The fourth-order valence-electron chi connectivity index (χ4n) is 5.43. The molecule has 1 N–H and O–H groups in total. The van der Waals surface area contributed by atoms with Gasteiger partial charge in [-0.15, -0.1) is 0 Å². The summed E-state index contributed by atoms with van der Waals surface area (Å²) in [5, 5.41) is 8.66. The van der Waals surface area contributed by atoms with E-state index in [0.717, 1.165) is 30.1 Å². The van der Waals surface area contributed by atoms with Crippen molar-refractivity contribution >= 4 is 5.78 Å². The molecular formula is C16H26O3. The molecule has 5 unspecified atom stereocenters. The Hall–Kier alpha value is -0.410. The average molecular weight is 266 g/mol. The molecule has 2 bridgehead atoms. The molecule has 3 nitrogen and oxygen atoms in total. The largest absolute Gasteiger partial charge is 0.394 e. The molecular weight excluding hydrogens is 240 g/mol. The van der Waals surface area contributed by atoms with Crippen LogP contribution in [0.3, 0.4) is 0 Å². The van der Waals surface area contributed by atoms with Gasteiger partial charge >= 0.3 is 0 Å². The molecule has 3 rings (SSSR count). The predicted octanol–water partition coefficient (Wildman–Crippen LogP) is 2.42. The Bertz CT molecular complexity index is 350. The topological polar surface area (TPSA) is 46.5 Å². The van der Waals surface area contributed by atoms with E-state index in [2.05, 4.69) is 6.92 Å². The summed E-state index contributed by atoms with van der Waals surface area (Å²) in [5.41, 5.74) is 0.342. The second-order valence-electron chi connectivity index (χ2n) is 7.31. The molecule has 0 aromatic rings. The van der Waals surface area contributed by atoms with Gasteiger partial charge in [0.05, 0.1) is 13.2 Å². The Morgan fingerprint density at radius 1 is 1.32 bits per heavy atom. The van der Waals surface area contributed by atoms with Gasteiger partial charge in [-0.3, -0.25) is 4.79 Å². The number of hydrogen-bond acceptors (Lipinski definition) is 3. The summed E-state index contributed by atoms with van der Waals surface area (Å²) < 4.78 is 5.17. The predicted molar refractivity (Wildman–Crippen MR) is 72.7 cm³/mol. The van der Waals surface area contributed by atoms with Crippen LogP contribution in [0.1, 0.15) is 45.4 Å². The number of ether oxygens (including phenoxy) is 1. The summed E-state index contributed by atoms with van der Waals surface area (Å²) in [5.74, 6) is 3.73. The minimum atomic E-state index is 0.00306. The van der Waals surface area contributed by atoms with E-state index >= 15 is 0 Å². The van der Waals surface area contributed by atoms with Crippen LogP contribution in [0.15, 0.2) is 0 Å². The number of Topliss-reactive ketones (excluding diaryl/α,β-unsaturated/α-hetero) is 1. The fraction of sp³-hybridized carbons (Fsp3) is 0.938. The van der Waals surface area contributed by atoms with Crippen molar-refractivity contribution < 1.29 is 14.6 Å². The number of ketones is 1. The Balaban J connectivity index is 1.57. The van der Waals surface area contributed by atoms with Gasteiger partial charge in [0.1, 0.15) is 6.61 Å². The summed E-state index contributed by atoms with van der Waals surface area (Å²) in [4.78, 5) is 12.0. The molecule has 0 spiro atoms. The highest BCUT2D eigenvalue weighted by Crippen LogP contribution is 2.68. The number of carbonyl (C=O) groups excluding carboxylic acids is 1. The summed E-state index contributed by atoms with van der Waals surface area (Å²) >= 11 is 0. The molecule has 3 aliphatic carbocycles. The first-order chi connectivity index (χ1) is 9.13. The average Bonchev–Trinajstić information content (AvgIpc) is 2.50. The lowest BCUT2D eigenvalue weighted by Crippen LogP contribution is -2.46. The first kappa shape index (κ1) is 13.6. The van der Waals surface area contributed by atoms with Gasteiger partial charge in [0.15, 0.2) is 5.78 Å². The highest BCUT2D eigenvalue weighted by Gasteiger charge is 2.60. The maximum absolute atomic E-state index is 12.0. The summed E-state index contributed by atoms with van der Waals surface area (Å²) in [6.45, 7) is 2.88. The van der Waals surface area contributed by atoms with E-state index in [1.165, 1.54) is 32.1 Å². The van der Waals surface area contributed by atoms with Crippen LogP contribution >= 0.6 is 0 Å². The zero-order chi connectivity index (χ0) is 13.5. The van der Waals surface area contributed by atoms with E-state index < -0.39 is 0 Å². The van der Waals surface area contributed by atoms with Gasteiger partial charge in [-0.2, -0.15) is 0 Å². The third-order valence-electron chi connectivity index (χ3n) is 5.80. The Morgan fingerprint density at radius 2 is 2.16 bits per heavy atom. The highest BCUT2D eigenvalue weighted by molar-refractivity contribution is 5.80. The van der Waals surface area contributed by atoms with Crippen molar-refractivity contribution in [2.45, 2.75) is 45.4 Å². The molecule has 0 aliphatic heterocycles. The molecule has 0 aromatic carbocycles. The number of carbonyl (C=O) groups is 1. The van der Waals surface area contributed by atoms with Gasteiger partial charge in [0, 0.05) is 6.42 Å². The Labute approximate surface area is 115 Å². The van der Waals surface area contributed by atoms with Crippen molar-refractivity contribution in [1.29, 1.82) is 0 Å². The lowest BCUT2D eigenvalue weighted by atomic mass is 9.51. The molecule has 0 radical (unpaired) electrons. The first-order valence-electron chi connectivity index (χ1n) is 7.83. The zero-order valence-corrected chi connectivity index (χ0v) is 11.9. The molecule has 108 valence electrons. The molecule has 5 atom stereocenters. The maximum atomic E-state index is 12.0. The van der Waals surface area contributed by atoms with Crippen LogP contribution in [0.2, 0.25) is 0 Å². The van der Waals surface area contributed by atoms with E-state index in [-0.39, 0.29) is 25.6 Å². The number of aliphatic hydroxyl groups is 1. The third-order valence-corrected chi connectivity index (χ3v) is 5.80. The van der Waals surface area contributed by atoms with E-state index in [9.17, 15) is 4.79 Å². The van der Waals surface area contributed by atoms with Crippen LogP contribution in [0.4, 0.5) is 0 Å². The van der Waals surface area contributed by atoms with Crippen molar-refractivity contribution in [1.82, 2.24) is 0 Å². The minimum Gasteiger partial charge on any atom is -0.394 e. The van der Waals surface area contributed by atoms with E-state index in [0.29, 0.717) is 5.41 Å². The molecule has 3 saturated carbocycles. The maximum Gasteiger partial charge on any atom is 0.159 e. The van der Waals surface area contributed by atoms with Crippen LogP contribution in [-0.2, 0) is 9.53 Å². The molecule has 0 saturated heterocycles. The molecule has 3 fully saturated rings. The first-order valence-corrected chi connectivity index (χ1v) is 7.83.